The van der Waals surface area contributed by atoms with E-state index >= 15 is 0 Å². The van der Waals surface area contributed by atoms with Gasteiger partial charge in [0.15, 0.2) is 5.79 Å². The highest BCUT2D eigenvalue weighted by molar-refractivity contribution is 5.24. The number of rotatable bonds is 1. The summed E-state index contributed by atoms with van der Waals surface area (Å²) in [5.74, 6) is -0.310. The molecule has 4 fully saturated rings. The van der Waals surface area contributed by atoms with Crippen LogP contribution in [-0.2, 0) is 14.3 Å². The highest BCUT2D eigenvalue weighted by Crippen LogP contribution is 2.57. The standard InChI is InChI=1S/C20H27NO3/c1-18-12-17(16-8-4-2-5-9-16)21(24-18)19(13-18)14-22-20(23-15-19)10-6-3-7-11-20/h2,4-5,8-9,17H,3,6-7,10-15H2,1H3/t17-,18-/m0/s1. The van der Waals surface area contributed by atoms with Crippen molar-refractivity contribution in [2.75, 3.05) is 13.2 Å². The van der Waals surface area contributed by atoms with E-state index < -0.39 is 0 Å². The molecule has 3 heterocycles. The maximum Gasteiger partial charge on any atom is 0.168 e. The zero-order valence-electron chi connectivity index (χ0n) is 14.5. The quantitative estimate of drug-likeness (QED) is 0.780. The van der Waals surface area contributed by atoms with Gasteiger partial charge in [0.25, 0.3) is 0 Å². The molecular formula is C20H27NO3. The van der Waals surface area contributed by atoms with Crippen molar-refractivity contribution < 1.29 is 14.3 Å². The van der Waals surface area contributed by atoms with Crippen LogP contribution in [-0.4, -0.2) is 35.2 Å². The van der Waals surface area contributed by atoms with Gasteiger partial charge in [0.1, 0.15) is 0 Å². The fraction of sp³-hybridized carbons (Fsp3) is 0.700. The minimum Gasteiger partial charge on any atom is -0.348 e. The van der Waals surface area contributed by atoms with E-state index in [0.29, 0.717) is 6.04 Å². The van der Waals surface area contributed by atoms with Crippen molar-refractivity contribution in [2.24, 2.45) is 0 Å². The summed E-state index contributed by atoms with van der Waals surface area (Å²) in [6, 6.07) is 11.0. The molecule has 0 amide bonds. The summed E-state index contributed by atoms with van der Waals surface area (Å²) >= 11 is 0. The lowest BCUT2D eigenvalue weighted by Gasteiger charge is -2.50. The summed E-state index contributed by atoms with van der Waals surface area (Å²) in [6.45, 7) is 3.69. The van der Waals surface area contributed by atoms with Gasteiger partial charge in [-0.2, -0.15) is 5.06 Å². The van der Waals surface area contributed by atoms with E-state index in [9.17, 15) is 0 Å². The number of nitrogens with zero attached hydrogens (tertiary/aromatic N) is 1. The van der Waals surface area contributed by atoms with Gasteiger partial charge in [-0.05, 0) is 25.3 Å². The molecule has 0 N–H and O–H groups in total. The van der Waals surface area contributed by atoms with Crippen molar-refractivity contribution in [2.45, 2.75) is 74.8 Å². The van der Waals surface area contributed by atoms with Gasteiger partial charge < -0.3 is 9.47 Å². The zero-order chi connectivity index (χ0) is 16.3. The molecule has 1 aliphatic carbocycles. The van der Waals surface area contributed by atoms with Gasteiger partial charge in [-0.15, -0.1) is 0 Å². The van der Waals surface area contributed by atoms with Crippen LogP contribution < -0.4 is 0 Å². The molecule has 3 atom stereocenters. The second kappa shape index (κ2) is 5.28. The molecule has 3 aliphatic heterocycles. The van der Waals surface area contributed by atoms with Crippen molar-refractivity contribution >= 4 is 0 Å². The van der Waals surface area contributed by atoms with Gasteiger partial charge in [-0.3, -0.25) is 4.84 Å². The maximum atomic E-state index is 6.38. The molecule has 2 spiro atoms. The molecule has 1 aromatic carbocycles. The Morgan fingerprint density at radius 3 is 2.38 bits per heavy atom. The predicted octanol–water partition coefficient (Wildman–Crippen LogP) is 3.97. The summed E-state index contributed by atoms with van der Waals surface area (Å²) < 4.78 is 12.8. The second-order valence-corrected chi connectivity index (χ2v) is 8.45. The molecule has 24 heavy (non-hydrogen) atoms. The number of hydroxylamine groups is 2. The van der Waals surface area contributed by atoms with Crippen molar-refractivity contribution in [3.05, 3.63) is 35.9 Å². The number of fused-ring (bicyclic) bond motifs is 3. The third-order valence-corrected chi connectivity index (χ3v) is 6.40. The van der Waals surface area contributed by atoms with Crippen LogP contribution in [0.15, 0.2) is 30.3 Å². The van der Waals surface area contributed by atoms with Crippen LogP contribution in [0.5, 0.6) is 0 Å². The molecule has 130 valence electrons. The number of hydrogen-bond donors (Lipinski definition) is 0. The Balaban J connectivity index is 1.39. The van der Waals surface area contributed by atoms with Gasteiger partial charge in [-0.25, -0.2) is 0 Å². The molecule has 1 saturated carbocycles. The molecule has 0 radical (unpaired) electrons. The number of hydrogen-bond acceptors (Lipinski definition) is 4. The van der Waals surface area contributed by atoms with E-state index in [2.05, 4.69) is 42.3 Å². The first kappa shape index (κ1) is 15.3. The first-order valence-corrected chi connectivity index (χ1v) is 9.44. The smallest absolute Gasteiger partial charge is 0.168 e. The van der Waals surface area contributed by atoms with Crippen LogP contribution >= 0.6 is 0 Å². The van der Waals surface area contributed by atoms with E-state index in [1.54, 1.807) is 0 Å². The van der Waals surface area contributed by atoms with Crippen LogP contribution in [0.1, 0.15) is 63.5 Å². The summed E-state index contributed by atoms with van der Waals surface area (Å²) in [5.41, 5.74) is 1.11. The Labute approximate surface area is 144 Å². The lowest BCUT2D eigenvalue weighted by Crippen LogP contribution is -2.61. The van der Waals surface area contributed by atoms with Crippen LogP contribution in [0.2, 0.25) is 0 Å². The highest BCUT2D eigenvalue weighted by Gasteiger charge is 2.64. The number of benzene rings is 1. The molecule has 5 rings (SSSR count). The van der Waals surface area contributed by atoms with Gasteiger partial charge in [-0.1, -0.05) is 36.8 Å². The Kier molecular flexibility index (Phi) is 3.37. The average molecular weight is 329 g/mol. The largest absolute Gasteiger partial charge is 0.348 e. The lowest BCUT2D eigenvalue weighted by atomic mass is 9.77. The lowest BCUT2D eigenvalue weighted by molar-refractivity contribution is -0.334. The van der Waals surface area contributed by atoms with Gasteiger partial charge >= 0.3 is 0 Å². The minimum atomic E-state index is -0.310. The SMILES string of the molecule is C[C@@]12C[C@@H](c3ccccc3)N(O1)C1(COC3(CCCCC3)OC1)C2. The Hall–Kier alpha value is -0.940. The van der Waals surface area contributed by atoms with Crippen molar-refractivity contribution in [1.29, 1.82) is 0 Å². The summed E-state index contributed by atoms with van der Waals surface area (Å²) in [7, 11) is 0. The van der Waals surface area contributed by atoms with Crippen LogP contribution in [0.4, 0.5) is 0 Å². The zero-order valence-corrected chi connectivity index (χ0v) is 14.5. The Morgan fingerprint density at radius 1 is 1.00 bits per heavy atom. The fourth-order valence-corrected chi connectivity index (χ4v) is 5.29. The van der Waals surface area contributed by atoms with E-state index in [4.69, 9.17) is 14.3 Å². The number of piperidine rings is 1. The highest BCUT2D eigenvalue weighted by atomic mass is 16.7. The van der Waals surface area contributed by atoms with E-state index in [1.165, 1.54) is 24.8 Å². The molecule has 3 saturated heterocycles. The van der Waals surface area contributed by atoms with Crippen LogP contribution in [0.3, 0.4) is 0 Å². The van der Waals surface area contributed by atoms with E-state index in [0.717, 1.165) is 38.9 Å². The fourth-order valence-electron chi connectivity index (χ4n) is 5.29. The van der Waals surface area contributed by atoms with Gasteiger partial charge in [0.2, 0.25) is 0 Å². The third kappa shape index (κ3) is 2.27. The minimum absolute atomic E-state index is 0.0930. The monoisotopic (exact) mass is 329 g/mol. The predicted molar refractivity (Wildman–Crippen MR) is 90.2 cm³/mol. The maximum absolute atomic E-state index is 6.38. The second-order valence-electron chi connectivity index (χ2n) is 8.45. The molecule has 2 bridgehead atoms. The Morgan fingerprint density at radius 2 is 1.71 bits per heavy atom. The normalized spacial score (nSPS) is 39.5. The average Bonchev–Trinajstić information content (AvgIpc) is 3.11. The summed E-state index contributed by atoms with van der Waals surface area (Å²) in [5, 5.41) is 2.22. The van der Waals surface area contributed by atoms with Crippen LogP contribution in [0, 0.1) is 0 Å². The molecule has 1 unspecified atom stereocenters. The molecule has 0 aromatic heterocycles. The van der Waals surface area contributed by atoms with Crippen molar-refractivity contribution in [3.63, 3.8) is 0 Å². The molecular weight excluding hydrogens is 302 g/mol. The van der Waals surface area contributed by atoms with E-state index in [1.807, 2.05) is 0 Å². The first-order valence-electron chi connectivity index (χ1n) is 9.44. The van der Waals surface area contributed by atoms with Gasteiger partial charge in [0.05, 0.1) is 30.4 Å². The molecule has 4 nitrogen and oxygen atoms in total. The summed E-state index contributed by atoms with van der Waals surface area (Å²) in [4.78, 5) is 6.37. The third-order valence-electron chi connectivity index (χ3n) is 6.40. The van der Waals surface area contributed by atoms with E-state index in [-0.39, 0.29) is 16.9 Å². The van der Waals surface area contributed by atoms with Gasteiger partial charge in [0, 0.05) is 25.7 Å². The molecule has 1 aromatic rings. The molecule has 4 aliphatic rings. The first-order chi connectivity index (χ1) is 11.6. The van der Waals surface area contributed by atoms with Crippen molar-refractivity contribution in [3.8, 4) is 0 Å². The van der Waals surface area contributed by atoms with Crippen LogP contribution in [0.25, 0.3) is 0 Å². The Bertz CT molecular complexity index is 603. The molecule has 4 heteroatoms. The topological polar surface area (TPSA) is 30.9 Å². The number of ether oxygens (including phenoxy) is 2. The van der Waals surface area contributed by atoms with Crippen molar-refractivity contribution in [1.82, 2.24) is 5.06 Å². The summed E-state index contributed by atoms with van der Waals surface area (Å²) in [6.07, 6.45) is 7.88.